The zero-order valence-corrected chi connectivity index (χ0v) is 32.4. The lowest BCUT2D eigenvalue weighted by Crippen LogP contribution is -1.91. The van der Waals surface area contributed by atoms with Gasteiger partial charge < -0.3 is 8.83 Å². The lowest BCUT2D eigenvalue weighted by Gasteiger charge is -2.17. The quantitative estimate of drug-likeness (QED) is 0.167. The van der Waals surface area contributed by atoms with E-state index in [4.69, 9.17) is 8.83 Å². The molecule has 2 aromatic heterocycles. The van der Waals surface area contributed by atoms with Crippen LogP contribution in [-0.4, -0.2) is 0 Å². The number of fused-ring (bicyclic) bond motifs is 10. The zero-order valence-electron chi connectivity index (χ0n) is 32.4. The molecule has 0 amide bonds. The van der Waals surface area contributed by atoms with E-state index in [1.54, 1.807) is 0 Å². The Balaban J connectivity index is 1.05. The van der Waals surface area contributed by atoms with E-state index in [2.05, 4.69) is 200 Å². The van der Waals surface area contributed by atoms with Gasteiger partial charge in [-0.25, -0.2) is 0 Å². The fourth-order valence-corrected chi connectivity index (χ4v) is 10.2. The molecule has 2 heteroatoms. The zero-order chi connectivity index (χ0) is 39.3. The third-order valence-corrected chi connectivity index (χ3v) is 12.7. The van der Waals surface area contributed by atoms with E-state index in [0.717, 1.165) is 60.6 Å². The molecule has 0 radical (unpaired) electrons. The number of benzene rings is 11. The van der Waals surface area contributed by atoms with Crippen LogP contribution in [0.3, 0.4) is 0 Å². The average molecular weight is 763 g/mol. The van der Waals surface area contributed by atoms with Gasteiger partial charge in [-0.2, -0.15) is 0 Å². The fourth-order valence-electron chi connectivity index (χ4n) is 10.2. The smallest absolute Gasteiger partial charge is 0.143 e. The van der Waals surface area contributed by atoms with Crippen LogP contribution >= 0.6 is 0 Å². The summed E-state index contributed by atoms with van der Waals surface area (Å²) >= 11 is 0. The maximum Gasteiger partial charge on any atom is 0.143 e. The number of furan rings is 2. The lowest BCUT2D eigenvalue weighted by atomic mass is 9.85. The molecule has 2 nitrogen and oxygen atoms in total. The van der Waals surface area contributed by atoms with Crippen molar-refractivity contribution in [3.63, 3.8) is 0 Å². The molecule has 0 atom stereocenters. The van der Waals surface area contributed by atoms with Crippen molar-refractivity contribution in [1.82, 2.24) is 0 Å². The van der Waals surface area contributed by atoms with Crippen molar-refractivity contribution < 1.29 is 8.83 Å². The van der Waals surface area contributed by atoms with Crippen LogP contribution in [-0.2, 0) is 0 Å². The first-order chi connectivity index (χ1) is 29.8. The molecule has 60 heavy (non-hydrogen) atoms. The summed E-state index contributed by atoms with van der Waals surface area (Å²) in [4.78, 5) is 0. The lowest BCUT2D eigenvalue weighted by molar-refractivity contribution is 0.670. The molecule has 0 fully saturated rings. The summed E-state index contributed by atoms with van der Waals surface area (Å²) in [6.07, 6.45) is 0. The Hall–Kier alpha value is -7.94. The molecule has 0 unspecified atom stereocenters. The van der Waals surface area contributed by atoms with E-state index < -0.39 is 0 Å². The van der Waals surface area contributed by atoms with Gasteiger partial charge >= 0.3 is 0 Å². The van der Waals surface area contributed by atoms with Crippen LogP contribution in [0, 0.1) is 0 Å². The molecule has 0 saturated heterocycles. The standard InChI is InChI=1S/C58H34O2/c1-2-16-35(17-3-1)53-39-19-4-8-23-43(39)55(44-24-9-5-20-40(44)53)50-30-15-28-48-38-33-32-36(34-52(38)60-58(48)50)54-41-21-6-10-25-45(41)56(46-26-11-7-22-42(46)54)49-29-14-27-47-37-18-12-13-31-51(37)59-57(47)49/h1-34H. The Morgan fingerprint density at radius 3 is 1.08 bits per heavy atom. The minimum Gasteiger partial charge on any atom is -0.455 e. The highest BCUT2D eigenvalue weighted by atomic mass is 16.3. The molecule has 0 N–H and O–H groups in total. The maximum absolute atomic E-state index is 7.09. The van der Waals surface area contributed by atoms with Crippen molar-refractivity contribution in [1.29, 1.82) is 0 Å². The highest BCUT2D eigenvalue weighted by Gasteiger charge is 2.23. The van der Waals surface area contributed by atoms with Crippen LogP contribution in [0.1, 0.15) is 0 Å². The largest absolute Gasteiger partial charge is 0.455 e. The van der Waals surface area contributed by atoms with Crippen LogP contribution in [0.4, 0.5) is 0 Å². The highest BCUT2D eigenvalue weighted by molar-refractivity contribution is 6.26. The van der Waals surface area contributed by atoms with E-state index in [-0.39, 0.29) is 0 Å². The number of para-hydroxylation sites is 3. The molecule has 278 valence electrons. The van der Waals surface area contributed by atoms with Crippen LogP contribution in [0.2, 0.25) is 0 Å². The fraction of sp³-hybridized carbons (Fsp3) is 0. The summed E-state index contributed by atoms with van der Waals surface area (Å²) in [6.45, 7) is 0. The van der Waals surface area contributed by atoms with E-state index in [1.807, 2.05) is 6.07 Å². The molecule has 0 aliphatic carbocycles. The maximum atomic E-state index is 7.09. The normalized spacial score (nSPS) is 12.0. The molecular weight excluding hydrogens is 729 g/mol. The van der Waals surface area contributed by atoms with E-state index >= 15 is 0 Å². The first-order valence-electron chi connectivity index (χ1n) is 20.6. The summed E-state index contributed by atoms with van der Waals surface area (Å²) in [5, 5.41) is 14.1. The molecule has 0 bridgehead atoms. The molecule has 0 saturated carbocycles. The van der Waals surface area contributed by atoms with Gasteiger partial charge in [0.25, 0.3) is 0 Å². The molecule has 13 rings (SSSR count). The first kappa shape index (κ1) is 33.1. The summed E-state index contributed by atoms with van der Waals surface area (Å²) in [6, 6.07) is 74.3. The molecule has 0 spiro atoms. The highest BCUT2D eigenvalue weighted by Crippen LogP contribution is 2.49. The number of hydrogen-bond acceptors (Lipinski definition) is 2. The van der Waals surface area contributed by atoms with Crippen molar-refractivity contribution in [3.05, 3.63) is 206 Å². The van der Waals surface area contributed by atoms with Gasteiger partial charge in [0, 0.05) is 43.8 Å². The summed E-state index contributed by atoms with van der Waals surface area (Å²) in [7, 11) is 0. The first-order valence-corrected chi connectivity index (χ1v) is 20.6. The molecule has 2 heterocycles. The number of rotatable bonds is 4. The van der Waals surface area contributed by atoms with E-state index in [0.29, 0.717) is 0 Å². The van der Waals surface area contributed by atoms with Crippen molar-refractivity contribution in [2.45, 2.75) is 0 Å². The topological polar surface area (TPSA) is 26.3 Å². The van der Waals surface area contributed by atoms with Gasteiger partial charge in [-0.1, -0.05) is 188 Å². The summed E-state index contributed by atoms with van der Waals surface area (Å²) < 4.78 is 13.7. The Kier molecular flexibility index (Phi) is 7.05. The molecule has 0 aliphatic heterocycles. The summed E-state index contributed by atoms with van der Waals surface area (Å²) in [5.41, 5.74) is 12.9. The van der Waals surface area contributed by atoms with Gasteiger partial charge in [0.1, 0.15) is 22.3 Å². The average Bonchev–Trinajstić information content (AvgIpc) is 3.89. The van der Waals surface area contributed by atoms with E-state index in [9.17, 15) is 0 Å². The van der Waals surface area contributed by atoms with Gasteiger partial charge in [0.05, 0.1) is 0 Å². The van der Waals surface area contributed by atoms with Gasteiger partial charge in [-0.05, 0) is 83.5 Å². The van der Waals surface area contributed by atoms with Crippen molar-refractivity contribution in [2.75, 3.05) is 0 Å². The van der Waals surface area contributed by atoms with Gasteiger partial charge in [-0.15, -0.1) is 0 Å². The molecule has 13 aromatic rings. The second-order valence-corrected chi connectivity index (χ2v) is 15.8. The monoisotopic (exact) mass is 762 g/mol. The SMILES string of the molecule is c1ccc(-c2c3ccccc3c(-c3cccc4c3oc3cc(-c5c6ccccc6c(-c6cccc7c6oc6ccccc67)c6ccccc56)ccc34)c3ccccc23)cc1. The van der Waals surface area contributed by atoms with Gasteiger partial charge in [-0.3, -0.25) is 0 Å². The third-order valence-electron chi connectivity index (χ3n) is 12.7. The Morgan fingerprint density at radius 1 is 0.217 bits per heavy atom. The van der Waals surface area contributed by atoms with Crippen molar-refractivity contribution in [2.24, 2.45) is 0 Å². The van der Waals surface area contributed by atoms with Gasteiger partial charge in [0.2, 0.25) is 0 Å². The van der Waals surface area contributed by atoms with E-state index in [1.165, 1.54) is 70.9 Å². The Bertz CT molecular complexity index is 3770. The second kappa shape index (κ2) is 12.8. The minimum atomic E-state index is 0.869. The van der Waals surface area contributed by atoms with Crippen LogP contribution in [0.25, 0.3) is 131 Å². The molecule has 0 aliphatic rings. The summed E-state index contributed by atoms with van der Waals surface area (Å²) in [5.74, 6) is 0. The Labute approximate surface area is 345 Å². The van der Waals surface area contributed by atoms with Crippen LogP contribution in [0.5, 0.6) is 0 Å². The predicted octanol–water partition coefficient (Wildman–Crippen LogP) is 16.8. The van der Waals surface area contributed by atoms with Crippen molar-refractivity contribution in [3.8, 4) is 44.5 Å². The Morgan fingerprint density at radius 2 is 0.583 bits per heavy atom. The van der Waals surface area contributed by atoms with Gasteiger partial charge in [0.15, 0.2) is 0 Å². The molecular formula is C58H34O2. The van der Waals surface area contributed by atoms with Crippen molar-refractivity contribution >= 4 is 87.0 Å². The number of hydrogen-bond donors (Lipinski definition) is 0. The minimum absolute atomic E-state index is 0.869. The third kappa shape index (κ3) is 4.70. The predicted molar refractivity (Wildman–Crippen MR) is 253 cm³/mol. The molecule has 11 aromatic carbocycles. The van der Waals surface area contributed by atoms with Crippen LogP contribution < -0.4 is 0 Å². The second-order valence-electron chi connectivity index (χ2n) is 15.8. The van der Waals surface area contributed by atoms with Crippen LogP contribution in [0.15, 0.2) is 215 Å².